The first-order valence-electron chi connectivity index (χ1n) is 21.3. The number of benzene rings is 1. The van der Waals surface area contributed by atoms with E-state index in [0.717, 1.165) is 0 Å². The van der Waals surface area contributed by atoms with Crippen molar-refractivity contribution < 1.29 is 72.1 Å². The Balaban J connectivity index is 1.58. The van der Waals surface area contributed by atoms with E-state index in [9.17, 15) is 34.2 Å². The molecule has 62 heavy (non-hydrogen) atoms. The molecule has 6 rings (SSSR count). The van der Waals surface area contributed by atoms with Crippen LogP contribution in [0, 0.1) is 22.7 Å². The van der Waals surface area contributed by atoms with E-state index in [-0.39, 0.29) is 42.9 Å². The first-order chi connectivity index (χ1) is 28.8. The molecular formula is C46H63NO15. The summed E-state index contributed by atoms with van der Waals surface area (Å²) in [5.74, 6) is -4.40. The Labute approximate surface area is 362 Å². The molecule has 5 aliphatic rings. The monoisotopic (exact) mass is 869 g/mol. The van der Waals surface area contributed by atoms with Crippen LogP contribution in [0.25, 0.3) is 0 Å². The SMILES string of the molecule is C=C[C@H]1O[C@H]2C[C@H]3OC[C@@]3(OC(C)=O)[C@H]3[C@H](OC(=O)c4ccccc4)C4(C(C)(C)O)C[C@H](OC(=O)[C@H](O)[C@H](CC(C)C)NC(=O)OC(C)(C)C)C(C)=C4[C@H](OC(C)=O)[C@H](O1)[C@]23C. The summed E-state index contributed by atoms with van der Waals surface area (Å²) < 4.78 is 50.5. The molecule has 2 saturated carbocycles. The van der Waals surface area contributed by atoms with Crippen LogP contribution in [0.1, 0.15) is 106 Å². The van der Waals surface area contributed by atoms with Gasteiger partial charge < -0.3 is 53.4 Å². The predicted molar refractivity (Wildman–Crippen MR) is 220 cm³/mol. The van der Waals surface area contributed by atoms with Gasteiger partial charge >= 0.3 is 30.0 Å². The zero-order chi connectivity index (χ0) is 45.9. The lowest BCUT2D eigenvalue weighted by Gasteiger charge is -2.67. The maximum atomic E-state index is 14.6. The number of nitrogens with one attached hydrogen (secondary N) is 1. The van der Waals surface area contributed by atoms with Gasteiger partial charge in [0.2, 0.25) is 0 Å². The molecular weight excluding hydrogens is 806 g/mol. The van der Waals surface area contributed by atoms with Gasteiger partial charge in [0.25, 0.3) is 0 Å². The first-order valence-corrected chi connectivity index (χ1v) is 21.3. The molecule has 0 aromatic heterocycles. The van der Waals surface area contributed by atoms with Crippen molar-refractivity contribution in [1.29, 1.82) is 0 Å². The Hall–Kier alpha value is -4.35. The second kappa shape index (κ2) is 17.0. The summed E-state index contributed by atoms with van der Waals surface area (Å²) in [6, 6.07) is 7.11. The standard InChI is InChI=1S/C46H63NO15/c1-13-32-58-30-20-31-46(22-55-31,61-26(6)49)36-38(60-39(51)27-17-15-14-16-18-27)45(43(10,11)54)21-29(24(4)33(45)35(56-25(5)48)37(59-32)44(30,36)12)57-40(52)34(50)28(19-23(2)3)47-41(53)62-42(7,8)9/h13-18,23,28-32,34-38,50,54H,1,19-22H2,2-12H3,(H,47,53)/t28-,29-,30-,31+,32-,34+,35-,36-,37-,38-,44+,45?,46-/m0/s1. The van der Waals surface area contributed by atoms with E-state index in [4.69, 9.17) is 37.9 Å². The minimum Gasteiger partial charge on any atom is -0.457 e. The molecule has 0 radical (unpaired) electrons. The molecule has 3 N–H and O–H groups in total. The Morgan fingerprint density at radius 2 is 1.65 bits per heavy atom. The third-order valence-corrected chi connectivity index (χ3v) is 13.3. The second-order valence-electron chi connectivity index (χ2n) is 19.5. The highest BCUT2D eigenvalue weighted by molar-refractivity contribution is 5.89. The van der Waals surface area contributed by atoms with Gasteiger partial charge in [-0.05, 0) is 83.2 Å². The summed E-state index contributed by atoms with van der Waals surface area (Å²) in [5, 5.41) is 27.1. The van der Waals surface area contributed by atoms with Crippen LogP contribution in [0.5, 0.6) is 0 Å². The van der Waals surface area contributed by atoms with E-state index in [2.05, 4.69) is 11.9 Å². The summed E-state index contributed by atoms with van der Waals surface area (Å²) in [5.41, 5.74) is -6.62. The molecule has 1 unspecified atom stereocenters. The topological polar surface area (TPSA) is 212 Å². The van der Waals surface area contributed by atoms with Crippen LogP contribution in [0.15, 0.2) is 54.1 Å². The minimum absolute atomic E-state index is 0.0845. The lowest BCUT2D eigenvalue weighted by molar-refractivity contribution is -0.392. The predicted octanol–water partition coefficient (Wildman–Crippen LogP) is 4.87. The van der Waals surface area contributed by atoms with E-state index < -0.39 is 119 Å². The van der Waals surface area contributed by atoms with Gasteiger partial charge in [-0.2, -0.15) is 0 Å². The molecule has 16 heteroatoms. The Kier molecular flexibility index (Phi) is 12.9. The van der Waals surface area contributed by atoms with Gasteiger partial charge in [0, 0.05) is 32.1 Å². The van der Waals surface area contributed by atoms with E-state index in [0.29, 0.717) is 5.57 Å². The van der Waals surface area contributed by atoms with E-state index in [1.54, 1.807) is 58.0 Å². The van der Waals surface area contributed by atoms with E-state index in [1.807, 2.05) is 20.8 Å². The van der Waals surface area contributed by atoms with Crippen molar-refractivity contribution in [2.75, 3.05) is 6.61 Å². The maximum Gasteiger partial charge on any atom is 0.407 e. The molecule has 16 nitrogen and oxygen atoms in total. The zero-order valence-electron chi connectivity index (χ0n) is 37.6. The van der Waals surface area contributed by atoms with Gasteiger partial charge in [0.05, 0.1) is 41.3 Å². The normalized spacial score (nSPS) is 34.7. The quantitative estimate of drug-likeness (QED) is 0.145. The fraction of sp³-hybridized carbons (Fsp3) is 0.674. The Morgan fingerprint density at radius 3 is 2.18 bits per heavy atom. The van der Waals surface area contributed by atoms with Crippen LogP contribution in [-0.2, 0) is 52.3 Å². The average molecular weight is 870 g/mol. The number of rotatable bonds is 12. The summed E-state index contributed by atoms with van der Waals surface area (Å²) in [6.07, 6.45) is -8.88. The smallest absolute Gasteiger partial charge is 0.407 e. The van der Waals surface area contributed by atoms with Gasteiger partial charge in [-0.1, -0.05) is 45.5 Å². The molecule has 0 spiro atoms. The maximum absolute atomic E-state index is 14.6. The molecule has 13 atom stereocenters. The Morgan fingerprint density at radius 1 is 0.984 bits per heavy atom. The summed E-state index contributed by atoms with van der Waals surface area (Å²) >= 11 is 0. The molecule has 4 fully saturated rings. The number of carbonyl (C=O) groups is 5. The van der Waals surface area contributed by atoms with Crippen LogP contribution in [-0.4, -0.2) is 119 Å². The summed E-state index contributed by atoms with van der Waals surface area (Å²) in [4.78, 5) is 68.3. The zero-order valence-corrected chi connectivity index (χ0v) is 37.6. The summed E-state index contributed by atoms with van der Waals surface area (Å²) in [6.45, 7) is 21.6. The molecule has 2 saturated heterocycles. The van der Waals surface area contributed by atoms with Gasteiger partial charge in [0.15, 0.2) is 24.1 Å². The van der Waals surface area contributed by atoms with Crippen molar-refractivity contribution in [2.24, 2.45) is 22.7 Å². The lowest BCUT2D eigenvalue weighted by atomic mass is 9.49. The third kappa shape index (κ3) is 8.28. The molecule has 3 aliphatic carbocycles. The molecule has 1 aromatic carbocycles. The number of aliphatic hydroxyl groups excluding tert-OH is 1. The number of hydrogen-bond acceptors (Lipinski definition) is 15. The average Bonchev–Trinajstić information content (AvgIpc) is 3.41. The number of hydrogen-bond donors (Lipinski definition) is 3. The van der Waals surface area contributed by atoms with Crippen molar-refractivity contribution >= 4 is 30.0 Å². The van der Waals surface area contributed by atoms with Crippen LogP contribution >= 0.6 is 0 Å². The van der Waals surface area contributed by atoms with E-state index >= 15 is 0 Å². The number of ether oxygens (including phenoxy) is 8. The molecule has 1 aromatic rings. The van der Waals surface area contributed by atoms with Crippen LogP contribution in [0.4, 0.5) is 4.79 Å². The summed E-state index contributed by atoms with van der Waals surface area (Å²) in [7, 11) is 0. The van der Waals surface area contributed by atoms with Crippen molar-refractivity contribution in [1.82, 2.24) is 5.32 Å². The fourth-order valence-electron chi connectivity index (χ4n) is 10.8. The number of esters is 4. The van der Waals surface area contributed by atoms with Crippen LogP contribution in [0.2, 0.25) is 0 Å². The number of aliphatic hydroxyl groups is 2. The third-order valence-electron chi connectivity index (χ3n) is 13.3. The first kappa shape index (κ1) is 47.1. The minimum atomic E-state index is -1.91. The van der Waals surface area contributed by atoms with Gasteiger partial charge in [-0.3, -0.25) is 9.59 Å². The van der Waals surface area contributed by atoms with E-state index in [1.165, 1.54) is 33.8 Å². The largest absolute Gasteiger partial charge is 0.457 e. The van der Waals surface area contributed by atoms with Crippen LogP contribution in [0.3, 0.4) is 0 Å². The van der Waals surface area contributed by atoms with Gasteiger partial charge in [0.1, 0.15) is 30.0 Å². The lowest BCUT2D eigenvalue weighted by Crippen LogP contribution is -2.80. The van der Waals surface area contributed by atoms with Gasteiger partial charge in [-0.15, -0.1) is 0 Å². The van der Waals surface area contributed by atoms with Crippen LogP contribution < -0.4 is 5.32 Å². The molecule has 342 valence electrons. The fourth-order valence-corrected chi connectivity index (χ4v) is 10.8. The number of amides is 1. The molecule has 0 bridgehead atoms. The number of fused-ring (bicyclic) bond motifs is 3. The molecule has 1 amide bonds. The second-order valence-corrected chi connectivity index (χ2v) is 19.5. The highest BCUT2D eigenvalue weighted by atomic mass is 16.7. The number of carbonyl (C=O) groups excluding carboxylic acids is 5. The van der Waals surface area contributed by atoms with Crippen molar-refractivity contribution in [3.63, 3.8) is 0 Å². The Bertz CT molecular complexity index is 1950. The number of alkyl carbamates (subject to hydrolysis) is 1. The van der Waals surface area contributed by atoms with Crippen molar-refractivity contribution in [3.05, 3.63) is 59.7 Å². The van der Waals surface area contributed by atoms with Crippen molar-refractivity contribution in [3.8, 4) is 0 Å². The van der Waals surface area contributed by atoms with Gasteiger partial charge in [-0.25, -0.2) is 14.4 Å². The van der Waals surface area contributed by atoms with Crippen molar-refractivity contribution in [2.45, 2.75) is 167 Å². The molecule has 2 aliphatic heterocycles. The highest BCUT2D eigenvalue weighted by Gasteiger charge is 2.81. The highest BCUT2D eigenvalue weighted by Crippen LogP contribution is 2.70. The molecule has 2 heterocycles.